The molecular formula is C14H18. The van der Waals surface area contributed by atoms with Gasteiger partial charge in [-0.2, -0.15) is 0 Å². The fraction of sp³-hybridized carbons (Fsp3) is 0.429. The third-order valence-corrected chi connectivity index (χ3v) is 3.08. The summed E-state index contributed by atoms with van der Waals surface area (Å²) in [7, 11) is 0. The van der Waals surface area contributed by atoms with Crippen molar-refractivity contribution in [1.82, 2.24) is 0 Å². The van der Waals surface area contributed by atoms with Crippen LogP contribution in [0.1, 0.15) is 48.9 Å². The van der Waals surface area contributed by atoms with Crippen LogP contribution in [0.4, 0.5) is 0 Å². The molecule has 0 unspecified atom stereocenters. The van der Waals surface area contributed by atoms with Gasteiger partial charge in [-0.1, -0.05) is 37.6 Å². The topological polar surface area (TPSA) is 0 Å². The fourth-order valence-corrected chi connectivity index (χ4v) is 2.31. The van der Waals surface area contributed by atoms with Crippen molar-refractivity contribution in [2.24, 2.45) is 0 Å². The Morgan fingerprint density at radius 1 is 1.14 bits per heavy atom. The summed E-state index contributed by atoms with van der Waals surface area (Å²) in [5.74, 6) is 0.642. The zero-order chi connectivity index (χ0) is 10.3. The van der Waals surface area contributed by atoms with Crippen LogP contribution in [0.15, 0.2) is 17.7 Å². The minimum absolute atomic E-state index is 0.642. The Labute approximate surface area is 86.7 Å². The van der Waals surface area contributed by atoms with E-state index in [1.54, 1.807) is 5.56 Å². The van der Waals surface area contributed by atoms with Gasteiger partial charge in [-0.05, 0) is 48.4 Å². The molecule has 1 aliphatic carbocycles. The van der Waals surface area contributed by atoms with Gasteiger partial charge < -0.3 is 0 Å². The van der Waals surface area contributed by atoms with E-state index in [1.807, 2.05) is 0 Å². The average Bonchev–Trinajstić information content (AvgIpc) is 2.47. The summed E-state index contributed by atoms with van der Waals surface area (Å²) in [4.78, 5) is 0. The van der Waals surface area contributed by atoms with E-state index in [2.05, 4.69) is 45.9 Å². The molecule has 14 heavy (non-hydrogen) atoms. The van der Waals surface area contributed by atoms with Crippen LogP contribution >= 0.6 is 0 Å². The molecule has 2 rings (SSSR count). The molecule has 0 fully saturated rings. The third kappa shape index (κ3) is 1.39. The first kappa shape index (κ1) is 9.51. The first-order valence-corrected chi connectivity index (χ1v) is 5.39. The summed E-state index contributed by atoms with van der Waals surface area (Å²) < 4.78 is 0. The highest BCUT2D eigenvalue weighted by molar-refractivity contribution is 5.68. The van der Waals surface area contributed by atoms with Crippen molar-refractivity contribution in [3.8, 4) is 0 Å². The van der Waals surface area contributed by atoms with Crippen LogP contribution in [-0.4, -0.2) is 0 Å². The normalized spacial score (nSPS) is 14.5. The number of allylic oxidation sites excluding steroid dienone is 1. The Morgan fingerprint density at radius 2 is 1.86 bits per heavy atom. The smallest absolute Gasteiger partial charge is 0.00577 e. The van der Waals surface area contributed by atoms with Crippen LogP contribution in [0.2, 0.25) is 0 Å². The third-order valence-electron chi connectivity index (χ3n) is 3.08. The van der Waals surface area contributed by atoms with E-state index in [9.17, 15) is 0 Å². The van der Waals surface area contributed by atoms with Crippen molar-refractivity contribution in [3.63, 3.8) is 0 Å². The zero-order valence-corrected chi connectivity index (χ0v) is 9.52. The Bertz CT molecular complexity index is 395. The molecule has 1 aromatic rings. The lowest BCUT2D eigenvalue weighted by atomic mass is 9.92. The van der Waals surface area contributed by atoms with Gasteiger partial charge in [-0.15, -0.1) is 0 Å². The largest absolute Gasteiger partial charge is 0.0683 e. The van der Waals surface area contributed by atoms with Crippen LogP contribution in [-0.2, 0) is 6.42 Å². The fourth-order valence-electron chi connectivity index (χ4n) is 2.31. The molecule has 0 spiro atoms. The second-order valence-electron chi connectivity index (χ2n) is 4.69. The number of rotatable bonds is 1. The summed E-state index contributed by atoms with van der Waals surface area (Å²) in [5.41, 5.74) is 7.49. The van der Waals surface area contributed by atoms with E-state index >= 15 is 0 Å². The number of benzene rings is 1. The van der Waals surface area contributed by atoms with E-state index in [0.717, 1.165) is 6.42 Å². The minimum Gasteiger partial charge on any atom is -0.0683 e. The van der Waals surface area contributed by atoms with Crippen LogP contribution < -0.4 is 0 Å². The van der Waals surface area contributed by atoms with E-state index in [0.29, 0.717) is 5.92 Å². The van der Waals surface area contributed by atoms with Crippen molar-refractivity contribution in [2.75, 3.05) is 0 Å². The van der Waals surface area contributed by atoms with Crippen molar-refractivity contribution in [1.29, 1.82) is 0 Å². The molecule has 0 aromatic heterocycles. The molecule has 0 amide bonds. The number of hydrogen-bond donors (Lipinski definition) is 0. The van der Waals surface area contributed by atoms with Crippen molar-refractivity contribution in [2.45, 2.75) is 40.0 Å². The predicted molar refractivity (Wildman–Crippen MR) is 62.6 cm³/mol. The Morgan fingerprint density at radius 3 is 2.50 bits per heavy atom. The van der Waals surface area contributed by atoms with Gasteiger partial charge in [-0.25, -0.2) is 0 Å². The van der Waals surface area contributed by atoms with Gasteiger partial charge in [0, 0.05) is 0 Å². The highest BCUT2D eigenvalue weighted by Crippen LogP contribution is 2.33. The molecule has 0 radical (unpaired) electrons. The monoisotopic (exact) mass is 186 g/mol. The molecule has 0 heteroatoms. The van der Waals surface area contributed by atoms with Gasteiger partial charge in [0.15, 0.2) is 0 Å². The zero-order valence-electron chi connectivity index (χ0n) is 9.52. The Hall–Kier alpha value is -1.04. The number of aryl methyl sites for hydroxylation is 1. The number of hydrogen-bond acceptors (Lipinski definition) is 0. The summed E-state index contributed by atoms with van der Waals surface area (Å²) >= 11 is 0. The molecule has 0 N–H and O–H groups in total. The molecule has 0 atom stereocenters. The molecule has 0 heterocycles. The molecular weight excluding hydrogens is 168 g/mol. The maximum absolute atomic E-state index is 2.34. The summed E-state index contributed by atoms with van der Waals surface area (Å²) in [5, 5.41) is 0. The van der Waals surface area contributed by atoms with Crippen LogP contribution in [0.3, 0.4) is 0 Å². The average molecular weight is 186 g/mol. The lowest BCUT2D eigenvalue weighted by molar-refractivity contribution is 0.848. The first-order chi connectivity index (χ1) is 6.59. The van der Waals surface area contributed by atoms with Crippen LogP contribution in [0, 0.1) is 6.92 Å². The molecule has 0 nitrogen and oxygen atoms in total. The lowest BCUT2D eigenvalue weighted by Gasteiger charge is -2.13. The van der Waals surface area contributed by atoms with Gasteiger partial charge >= 0.3 is 0 Å². The lowest BCUT2D eigenvalue weighted by Crippen LogP contribution is -1.97. The standard InChI is InChI=1S/C14H18/c1-9(2)12-6-5-11(4)13-7-10(3)8-14(12)13/h5-7,9H,8H2,1-4H3. The SMILES string of the molecule is CC1=Cc2c(C)ccc(C(C)C)c2C1. The van der Waals surface area contributed by atoms with Crippen LogP contribution in [0.25, 0.3) is 6.08 Å². The van der Waals surface area contributed by atoms with E-state index < -0.39 is 0 Å². The maximum atomic E-state index is 2.34. The molecule has 0 saturated carbocycles. The molecule has 0 bridgehead atoms. The van der Waals surface area contributed by atoms with E-state index in [-0.39, 0.29) is 0 Å². The van der Waals surface area contributed by atoms with Crippen molar-refractivity contribution >= 4 is 6.08 Å². The van der Waals surface area contributed by atoms with Gasteiger partial charge in [0.05, 0.1) is 0 Å². The summed E-state index contributed by atoms with van der Waals surface area (Å²) in [6.07, 6.45) is 3.50. The molecule has 0 aliphatic heterocycles. The minimum atomic E-state index is 0.642. The second-order valence-corrected chi connectivity index (χ2v) is 4.69. The van der Waals surface area contributed by atoms with E-state index in [1.165, 1.54) is 22.3 Å². The number of fused-ring (bicyclic) bond motifs is 1. The van der Waals surface area contributed by atoms with Crippen molar-refractivity contribution < 1.29 is 0 Å². The highest BCUT2D eigenvalue weighted by atomic mass is 14.2. The Balaban J connectivity index is 2.59. The summed E-state index contributed by atoms with van der Waals surface area (Å²) in [6, 6.07) is 4.55. The van der Waals surface area contributed by atoms with Gasteiger partial charge in [0.25, 0.3) is 0 Å². The predicted octanol–water partition coefficient (Wildman–Crippen LogP) is 4.08. The quantitative estimate of drug-likeness (QED) is 0.620. The maximum Gasteiger partial charge on any atom is -0.00577 e. The molecule has 1 aliphatic rings. The van der Waals surface area contributed by atoms with Crippen molar-refractivity contribution in [3.05, 3.63) is 40.0 Å². The van der Waals surface area contributed by atoms with Gasteiger partial charge in [0.2, 0.25) is 0 Å². The van der Waals surface area contributed by atoms with E-state index in [4.69, 9.17) is 0 Å². The Kier molecular flexibility index (Phi) is 2.22. The van der Waals surface area contributed by atoms with Gasteiger partial charge in [-0.3, -0.25) is 0 Å². The molecule has 74 valence electrons. The first-order valence-electron chi connectivity index (χ1n) is 5.39. The van der Waals surface area contributed by atoms with Crippen LogP contribution in [0.5, 0.6) is 0 Å². The highest BCUT2D eigenvalue weighted by Gasteiger charge is 2.16. The summed E-state index contributed by atoms with van der Waals surface area (Å²) in [6.45, 7) is 8.98. The molecule has 0 saturated heterocycles. The van der Waals surface area contributed by atoms with Gasteiger partial charge in [0.1, 0.15) is 0 Å². The molecule has 1 aromatic carbocycles. The second kappa shape index (κ2) is 3.27.